The summed E-state index contributed by atoms with van der Waals surface area (Å²) in [7, 11) is 3.32. The quantitative estimate of drug-likeness (QED) is 0.498. The lowest BCUT2D eigenvalue weighted by molar-refractivity contribution is 0.390. The monoisotopic (exact) mass is 388 g/mol. The summed E-state index contributed by atoms with van der Waals surface area (Å²) in [5, 5.41) is 3.54. The molecule has 0 unspecified atom stereocenters. The fraction of sp³-hybridized carbons (Fsp3) is 0.217. The predicted molar refractivity (Wildman–Crippen MR) is 115 cm³/mol. The second kappa shape index (κ2) is 8.22. The number of aromatic nitrogens is 3. The number of anilines is 1. The molecule has 1 atom stereocenters. The van der Waals surface area contributed by atoms with Crippen LogP contribution in [-0.4, -0.2) is 28.8 Å². The highest BCUT2D eigenvalue weighted by atomic mass is 16.5. The molecule has 0 amide bonds. The molecule has 0 aliphatic heterocycles. The summed E-state index contributed by atoms with van der Waals surface area (Å²) in [6, 6.07) is 20.2. The van der Waals surface area contributed by atoms with Gasteiger partial charge in [0, 0.05) is 17.8 Å². The highest BCUT2D eigenvalue weighted by Gasteiger charge is 2.16. The van der Waals surface area contributed by atoms with Crippen LogP contribution in [0.25, 0.3) is 11.2 Å². The molecule has 6 nitrogen and oxygen atoms in total. The lowest BCUT2D eigenvalue weighted by Crippen LogP contribution is -2.13. The summed E-state index contributed by atoms with van der Waals surface area (Å²) in [4.78, 5) is 9.17. The second-order valence-corrected chi connectivity index (χ2v) is 6.82. The van der Waals surface area contributed by atoms with E-state index in [-0.39, 0.29) is 6.04 Å². The zero-order valence-corrected chi connectivity index (χ0v) is 16.8. The largest absolute Gasteiger partial charge is 0.497 e. The molecule has 0 spiro atoms. The smallest absolute Gasteiger partial charge is 0.206 e. The number of methoxy groups -OCH3 is 2. The Balaban J connectivity index is 1.72. The zero-order valence-electron chi connectivity index (χ0n) is 16.8. The highest BCUT2D eigenvalue weighted by molar-refractivity contribution is 5.74. The van der Waals surface area contributed by atoms with E-state index in [9.17, 15) is 0 Å². The molecule has 0 saturated carbocycles. The summed E-state index contributed by atoms with van der Waals surface area (Å²) in [5.41, 5.74) is 3.91. The first kappa shape index (κ1) is 18.8. The van der Waals surface area contributed by atoms with Crippen LogP contribution < -0.4 is 14.8 Å². The van der Waals surface area contributed by atoms with Crippen molar-refractivity contribution in [2.45, 2.75) is 19.5 Å². The number of nitrogens with one attached hydrogen (secondary N) is 1. The Kier molecular flexibility index (Phi) is 5.33. The van der Waals surface area contributed by atoms with Crippen LogP contribution in [0, 0.1) is 0 Å². The van der Waals surface area contributed by atoms with Crippen molar-refractivity contribution in [3.05, 3.63) is 78.0 Å². The average Bonchev–Trinajstić information content (AvgIpc) is 3.11. The standard InChI is InChI=1S/C23H24N4O2/c1-16(17-8-5-4-6-9-17)25-23-26-22-20(10-7-13-24-22)27(23)15-18-11-12-19(28-2)14-21(18)29-3/h4-14,16H,15H2,1-3H3,(H,24,25,26)/t16-/m1/s1. The van der Waals surface area contributed by atoms with E-state index >= 15 is 0 Å². The minimum absolute atomic E-state index is 0.101. The summed E-state index contributed by atoms with van der Waals surface area (Å²) in [5.74, 6) is 2.31. The van der Waals surface area contributed by atoms with Gasteiger partial charge in [0.1, 0.15) is 11.5 Å². The maximum atomic E-state index is 5.59. The van der Waals surface area contributed by atoms with Crippen LogP contribution in [0.2, 0.25) is 0 Å². The second-order valence-electron chi connectivity index (χ2n) is 6.82. The van der Waals surface area contributed by atoms with Crippen molar-refractivity contribution in [3.63, 3.8) is 0 Å². The molecule has 0 saturated heterocycles. The van der Waals surface area contributed by atoms with Gasteiger partial charge in [0.15, 0.2) is 5.65 Å². The number of rotatable bonds is 7. The molecule has 29 heavy (non-hydrogen) atoms. The molecule has 4 aromatic rings. The zero-order chi connectivity index (χ0) is 20.2. The van der Waals surface area contributed by atoms with Gasteiger partial charge >= 0.3 is 0 Å². The summed E-state index contributed by atoms with van der Waals surface area (Å²) >= 11 is 0. The van der Waals surface area contributed by atoms with Crippen LogP contribution >= 0.6 is 0 Å². The maximum Gasteiger partial charge on any atom is 0.206 e. The van der Waals surface area contributed by atoms with Crippen LogP contribution in [0.4, 0.5) is 5.95 Å². The molecule has 0 bridgehead atoms. The molecule has 0 aliphatic rings. The lowest BCUT2D eigenvalue weighted by Gasteiger charge is -2.18. The third-order valence-electron chi connectivity index (χ3n) is 4.99. The van der Waals surface area contributed by atoms with E-state index in [2.05, 4.69) is 33.9 Å². The summed E-state index contributed by atoms with van der Waals surface area (Å²) in [6.07, 6.45) is 1.76. The molecule has 0 radical (unpaired) electrons. The molecule has 4 rings (SSSR count). The number of ether oxygens (including phenoxy) is 2. The van der Waals surface area contributed by atoms with Gasteiger partial charge in [-0.05, 0) is 36.8 Å². The molecule has 0 fully saturated rings. The first-order valence-electron chi connectivity index (χ1n) is 9.53. The first-order valence-corrected chi connectivity index (χ1v) is 9.53. The molecule has 148 valence electrons. The summed E-state index contributed by atoms with van der Waals surface area (Å²) < 4.78 is 13.0. The third-order valence-corrected chi connectivity index (χ3v) is 4.99. The van der Waals surface area contributed by atoms with E-state index in [1.807, 2.05) is 48.5 Å². The van der Waals surface area contributed by atoms with Crippen molar-refractivity contribution in [2.24, 2.45) is 0 Å². The van der Waals surface area contributed by atoms with E-state index in [1.54, 1.807) is 20.4 Å². The van der Waals surface area contributed by atoms with Crippen LogP contribution in [0.5, 0.6) is 11.5 Å². The summed E-state index contributed by atoms with van der Waals surface area (Å²) in [6.45, 7) is 2.72. The van der Waals surface area contributed by atoms with Crippen molar-refractivity contribution in [1.29, 1.82) is 0 Å². The predicted octanol–water partition coefficient (Wildman–Crippen LogP) is 4.67. The van der Waals surface area contributed by atoms with Gasteiger partial charge in [-0.1, -0.05) is 30.3 Å². The average molecular weight is 388 g/mol. The normalized spacial score (nSPS) is 12.0. The molecule has 6 heteroatoms. The van der Waals surface area contributed by atoms with Crippen molar-refractivity contribution < 1.29 is 9.47 Å². The van der Waals surface area contributed by atoms with Gasteiger partial charge in [-0.2, -0.15) is 4.98 Å². The Morgan fingerprint density at radius 1 is 1.00 bits per heavy atom. The molecule has 0 aliphatic carbocycles. The number of benzene rings is 2. The number of hydrogen-bond donors (Lipinski definition) is 1. The van der Waals surface area contributed by atoms with Crippen LogP contribution in [0.1, 0.15) is 24.1 Å². The molecular weight excluding hydrogens is 364 g/mol. The topological polar surface area (TPSA) is 61.2 Å². The van der Waals surface area contributed by atoms with Crippen LogP contribution in [-0.2, 0) is 6.54 Å². The number of nitrogens with zero attached hydrogens (tertiary/aromatic N) is 3. The van der Waals surface area contributed by atoms with E-state index in [0.29, 0.717) is 12.2 Å². The van der Waals surface area contributed by atoms with Gasteiger partial charge in [-0.25, -0.2) is 4.98 Å². The lowest BCUT2D eigenvalue weighted by atomic mass is 10.1. The van der Waals surface area contributed by atoms with Crippen molar-refractivity contribution >= 4 is 17.1 Å². The van der Waals surface area contributed by atoms with Gasteiger partial charge in [0.2, 0.25) is 5.95 Å². The maximum absolute atomic E-state index is 5.59. The Morgan fingerprint density at radius 2 is 1.83 bits per heavy atom. The molecule has 2 heterocycles. The van der Waals surface area contributed by atoms with Crippen molar-refractivity contribution in [1.82, 2.24) is 14.5 Å². The number of hydrogen-bond acceptors (Lipinski definition) is 5. The number of pyridine rings is 1. The molecule has 2 aromatic heterocycles. The van der Waals surface area contributed by atoms with E-state index in [4.69, 9.17) is 14.5 Å². The Hall–Kier alpha value is -3.54. The molecular formula is C23H24N4O2. The first-order chi connectivity index (χ1) is 14.2. The number of imidazole rings is 1. The fourth-order valence-electron chi connectivity index (χ4n) is 3.40. The minimum Gasteiger partial charge on any atom is -0.497 e. The van der Waals surface area contributed by atoms with Gasteiger partial charge in [0.25, 0.3) is 0 Å². The van der Waals surface area contributed by atoms with Crippen LogP contribution in [0.15, 0.2) is 66.9 Å². The van der Waals surface area contributed by atoms with E-state index < -0.39 is 0 Å². The van der Waals surface area contributed by atoms with Gasteiger partial charge in [0.05, 0.1) is 32.3 Å². The Labute approximate surface area is 170 Å². The van der Waals surface area contributed by atoms with Crippen molar-refractivity contribution in [2.75, 3.05) is 19.5 Å². The Bertz CT molecular complexity index is 1110. The fourth-order valence-corrected chi connectivity index (χ4v) is 3.40. The third kappa shape index (κ3) is 3.87. The molecule has 1 N–H and O–H groups in total. The SMILES string of the molecule is COc1ccc(Cn2c(N[C@H](C)c3ccccc3)nc3ncccc32)c(OC)c1. The van der Waals surface area contributed by atoms with Gasteiger partial charge in [-0.15, -0.1) is 0 Å². The van der Waals surface area contributed by atoms with Gasteiger partial charge in [-0.3, -0.25) is 0 Å². The molecule has 2 aromatic carbocycles. The van der Waals surface area contributed by atoms with Crippen molar-refractivity contribution in [3.8, 4) is 11.5 Å². The highest BCUT2D eigenvalue weighted by Crippen LogP contribution is 2.29. The van der Waals surface area contributed by atoms with Gasteiger partial charge < -0.3 is 19.4 Å². The Morgan fingerprint density at radius 3 is 2.59 bits per heavy atom. The van der Waals surface area contributed by atoms with Crippen LogP contribution in [0.3, 0.4) is 0 Å². The van der Waals surface area contributed by atoms with E-state index in [1.165, 1.54) is 5.56 Å². The minimum atomic E-state index is 0.101. The van der Waals surface area contributed by atoms with E-state index in [0.717, 1.165) is 28.5 Å². The number of fused-ring (bicyclic) bond motifs is 1.